The molecule has 0 radical (unpaired) electrons. The van der Waals surface area contributed by atoms with Crippen LogP contribution in [-0.4, -0.2) is 23.2 Å². The van der Waals surface area contributed by atoms with Crippen LogP contribution in [0.2, 0.25) is 5.02 Å². The van der Waals surface area contributed by atoms with E-state index in [-0.39, 0.29) is 22.3 Å². The van der Waals surface area contributed by atoms with Gasteiger partial charge in [-0.1, -0.05) is 11.6 Å². The Balaban J connectivity index is 2.28. The fourth-order valence-corrected chi connectivity index (χ4v) is 3.15. The lowest BCUT2D eigenvalue weighted by Gasteiger charge is -2.18. The number of carbonyl (C=O) groups is 1. The topological polar surface area (TPSA) is 70.6 Å². The Kier molecular flexibility index (Phi) is 7.26. The van der Waals surface area contributed by atoms with E-state index in [1.165, 1.54) is 12.1 Å². The molecular weight excluding hydrogens is 541 g/mol. The standard InChI is InChI=1S/C17H16BrClFIN2O3/c1-17(2,25)8-26-23-16(24)10-6-11(18)13(20)7-15(10)22-14-4-3-9(21)5-12(14)19/h3-7,22,25H,8H2,1-2H3,(H,23,24). The molecule has 0 heterocycles. The largest absolute Gasteiger partial charge is 0.388 e. The van der Waals surface area contributed by atoms with Crippen LogP contribution in [0.4, 0.5) is 15.8 Å². The Morgan fingerprint density at radius 2 is 2.04 bits per heavy atom. The summed E-state index contributed by atoms with van der Waals surface area (Å²) in [5, 5.41) is 13.0. The Bertz CT molecular complexity index is 830. The first-order chi connectivity index (χ1) is 12.1. The zero-order chi connectivity index (χ0) is 19.5. The summed E-state index contributed by atoms with van der Waals surface area (Å²) in [4.78, 5) is 17.4. The van der Waals surface area contributed by atoms with Crippen LogP contribution in [0.1, 0.15) is 24.2 Å². The van der Waals surface area contributed by atoms with Gasteiger partial charge in [-0.3, -0.25) is 9.63 Å². The Morgan fingerprint density at radius 3 is 2.65 bits per heavy atom. The summed E-state index contributed by atoms with van der Waals surface area (Å²) in [6.07, 6.45) is 0. The smallest absolute Gasteiger partial charge is 0.276 e. The highest BCUT2D eigenvalue weighted by Crippen LogP contribution is 2.31. The Morgan fingerprint density at radius 1 is 1.35 bits per heavy atom. The second-order valence-corrected chi connectivity index (χ2v) is 8.60. The fraction of sp³-hybridized carbons (Fsp3) is 0.235. The third kappa shape index (κ3) is 6.05. The minimum atomic E-state index is -1.10. The number of nitrogens with one attached hydrogen (secondary N) is 2. The Labute approximate surface area is 177 Å². The van der Waals surface area contributed by atoms with Crippen LogP contribution in [0, 0.1) is 9.39 Å². The first-order valence-electron chi connectivity index (χ1n) is 7.42. The molecule has 3 N–H and O–H groups in total. The number of benzene rings is 2. The molecule has 2 aromatic carbocycles. The van der Waals surface area contributed by atoms with Gasteiger partial charge < -0.3 is 10.4 Å². The van der Waals surface area contributed by atoms with Gasteiger partial charge in [-0.2, -0.15) is 0 Å². The molecule has 0 fully saturated rings. The van der Waals surface area contributed by atoms with Gasteiger partial charge in [0, 0.05) is 3.57 Å². The summed E-state index contributed by atoms with van der Waals surface area (Å²) in [7, 11) is 0. The van der Waals surface area contributed by atoms with Crippen LogP contribution in [0.15, 0.2) is 34.8 Å². The molecule has 0 saturated carbocycles. The molecule has 1 amide bonds. The third-order valence-electron chi connectivity index (χ3n) is 3.10. The number of aliphatic hydroxyl groups is 1. The third-order valence-corrected chi connectivity index (χ3v) is 4.69. The number of amides is 1. The van der Waals surface area contributed by atoms with E-state index >= 15 is 0 Å². The zero-order valence-corrected chi connectivity index (χ0v) is 18.4. The lowest BCUT2D eigenvalue weighted by Crippen LogP contribution is -2.33. The van der Waals surface area contributed by atoms with Gasteiger partial charge >= 0.3 is 0 Å². The van der Waals surface area contributed by atoms with Crippen LogP contribution in [0.25, 0.3) is 0 Å². The number of carbonyl (C=O) groups excluding carboxylic acids is 1. The maximum absolute atomic E-state index is 14.0. The SMILES string of the molecule is CC(C)(O)CONC(=O)c1cc(Br)c(F)cc1Nc1ccc(I)cc1Cl. The maximum atomic E-state index is 14.0. The van der Waals surface area contributed by atoms with E-state index in [1.54, 1.807) is 26.0 Å². The van der Waals surface area contributed by atoms with E-state index in [2.05, 4.69) is 49.3 Å². The van der Waals surface area contributed by atoms with Gasteiger partial charge in [0.15, 0.2) is 0 Å². The zero-order valence-electron chi connectivity index (χ0n) is 13.9. The molecule has 0 spiro atoms. The molecule has 0 atom stereocenters. The number of hydroxylamine groups is 1. The predicted octanol–water partition coefficient (Wildman–Crippen LogP) is 5.02. The van der Waals surface area contributed by atoms with Crippen molar-refractivity contribution in [1.82, 2.24) is 5.48 Å². The fourth-order valence-electron chi connectivity index (χ4n) is 1.91. The van der Waals surface area contributed by atoms with E-state index in [0.29, 0.717) is 10.7 Å². The summed E-state index contributed by atoms with van der Waals surface area (Å²) in [6.45, 7) is 2.98. The number of hydrogen-bond acceptors (Lipinski definition) is 4. The van der Waals surface area contributed by atoms with Gasteiger partial charge in [-0.25, -0.2) is 9.87 Å². The molecule has 0 aliphatic rings. The Hall–Kier alpha value is -0.940. The normalized spacial score (nSPS) is 11.3. The van der Waals surface area contributed by atoms with Gasteiger partial charge in [-0.05, 0) is 82.7 Å². The quantitative estimate of drug-likeness (QED) is 0.345. The van der Waals surface area contributed by atoms with Gasteiger partial charge in [0.25, 0.3) is 5.91 Å². The average Bonchev–Trinajstić information content (AvgIpc) is 2.51. The van der Waals surface area contributed by atoms with Crippen molar-refractivity contribution in [3.05, 3.63) is 54.8 Å². The van der Waals surface area contributed by atoms with E-state index in [1.807, 2.05) is 6.07 Å². The van der Waals surface area contributed by atoms with Gasteiger partial charge in [-0.15, -0.1) is 0 Å². The molecule has 0 bridgehead atoms. The van der Waals surface area contributed by atoms with E-state index in [9.17, 15) is 14.3 Å². The van der Waals surface area contributed by atoms with Crippen LogP contribution in [-0.2, 0) is 4.84 Å². The second-order valence-electron chi connectivity index (χ2n) is 6.09. The second kappa shape index (κ2) is 8.83. The van der Waals surface area contributed by atoms with Crippen molar-refractivity contribution in [3.63, 3.8) is 0 Å². The lowest BCUT2D eigenvalue weighted by atomic mass is 10.1. The van der Waals surface area contributed by atoms with Gasteiger partial charge in [0.2, 0.25) is 0 Å². The molecule has 2 rings (SSSR count). The molecule has 5 nitrogen and oxygen atoms in total. The molecule has 0 unspecified atom stereocenters. The summed E-state index contributed by atoms with van der Waals surface area (Å²) in [6, 6.07) is 7.82. The maximum Gasteiger partial charge on any atom is 0.276 e. The monoisotopic (exact) mass is 556 g/mol. The summed E-state index contributed by atoms with van der Waals surface area (Å²) in [5.74, 6) is -1.14. The molecule has 2 aromatic rings. The summed E-state index contributed by atoms with van der Waals surface area (Å²) >= 11 is 11.4. The van der Waals surface area contributed by atoms with Crippen molar-refractivity contribution in [3.8, 4) is 0 Å². The molecule has 0 aromatic heterocycles. The molecule has 140 valence electrons. The average molecular weight is 558 g/mol. The van der Waals surface area contributed by atoms with Crippen molar-refractivity contribution in [2.45, 2.75) is 19.4 Å². The minimum Gasteiger partial charge on any atom is -0.388 e. The number of anilines is 2. The molecule has 26 heavy (non-hydrogen) atoms. The lowest BCUT2D eigenvalue weighted by molar-refractivity contribution is -0.0522. The van der Waals surface area contributed by atoms with E-state index in [4.69, 9.17) is 16.4 Å². The van der Waals surface area contributed by atoms with Crippen LogP contribution in [0.3, 0.4) is 0 Å². The van der Waals surface area contributed by atoms with Gasteiger partial charge in [0.05, 0.1) is 32.0 Å². The highest BCUT2D eigenvalue weighted by atomic mass is 127. The molecule has 9 heteroatoms. The number of hydrogen-bond donors (Lipinski definition) is 3. The molecule has 0 aliphatic heterocycles. The van der Waals surface area contributed by atoms with Gasteiger partial charge in [0.1, 0.15) is 12.4 Å². The number of rotatable bonds is 6. The summed E-state index contributed by atoms with van der Waals surface area (Å²) < 4.78 is 15.1. The van der Waals surface area contributed by atoms with Crippen molar-refractivity contribution in [2.75, 3.05) is 11.9 Å². The van der Waals surface area contributed by atoms with Crippen LogP contribution < -0.4 is 10.8 Å². The van der Waals surface area contributed by atoms with Crippen molar-refractivity contribution >= 4 is 67.4 Å². The van der Waals surface area contributed by atoms with E-state index in [0.717, 1.165) is 3.57 Å². The van der Waals surface area contributed by atoms with Crippen LogP contribution in [0.5, 0.6) is 0 Å². The molecule has 0 saturated heterocycles. The minimum absolute atomic E-state index is 0.104. The summed E-state index contributed by atoms with van der Waals surface area (Å²) in [5.41, 5.74) is 2.02. The number of halogens is 4. The molecule has 0 aliphatic carbocycles. The highest BCUT2D eigenvalue weighted by molar-refractivity contribution is 14.1. The van der Waals surface area contributed by atoms with Crippen LogP contribution >= 0.6 is 50.1 Å². The highest BCUT2D eigenvalue weighted by Gasteiger charge is 2.18. The van der Waals surface area contributed by atoms with Crippen molar-refractivity contribution in [1.29, 1.82) is 0 Å². The van der Waals surface area contributed by atoms with Crippen molar-refractivity contribution < 1.29 is 19.1 Å². The molecular formula is C17H16BrClFIN2O3. The van der Waals surface area contributed by atoms with E-state index < -0.39 is 17.3 Å². The first-order valence-corrected chi connectivity index (χ1v) is 9.67. The predicted molar refractivity (Wildman–Crippen MR) is 111 cm³/mol. The first kappa shape index (κ1) is 21.4. The van der Waals surface area contributed by atoms with Crippen molar-refractivity contribution in [2.24, 2.45) is 0 Å².